The van der Waals surface area contributed by atoms with Crippen LogP contribution in [-0.4, -0.2) is 20.6 Å². The van der Waals surface area contributed by atoms with Crippen molar-refractivity contribution in [3.63, 3.8) is 0 Å². The molecular weight excluding hydrogens is 292 g/mol. The van der Waals surface area contributed by atoms with Crippen molar-refractivity contribution in [3.05, 3.63) is 56.5 Å². The maximum absolute atomic E-state index is 12.4. The summed E-state index contributed by atoms with van der Waals surface area (Å²) < 4.78 is 0.698. The molecule has 0 aliphatic heterocycles. The summed E-state index contributed by atoms with van der Waals surface area (Å²) in [7, 11) is 0. The lowest BCUT2D eigenvalue weighted by molar-refractivity contribution is -0.137. The highest BCUT2D eigenvalue weighted by atomic mass is 32.1. The number of nitrogens with zero attached hydrogens (tertiary/aromatic N) is 1. The maximum Gasteiger partial charge on any atom is 0.329 e. The third kappa shape index (κ3) is 2.27. The number of carboxylic acids is 1. The lowest BCUT2D eigenvalue weighted by Gasteiger charge is -2.03. The summed E-state index contributed by atoms with van der Waals surface area (Å²) in [5.74, 6) is -1.24. The van der Waals surface area contributed by atoms with Crippen LogP contribution in [0.25, 0.3) is 21.3 Å². The van der Waals surface area contributed by atoms with Gasteiger partial charge in [-0.05, 0) is 5.56 Å². The van der Waals surface area contributed by atoms with Crippen LogP contribution in [0.1, 0.15) is 0 Å². The van der Waals surface area contributed by atoms with Crippen molar-refractivity contribution < 1.29 is 9.90 Å². The van der Waals surface area contributed by atoms with Crippen LogP contribution < -0.4 is 11.2 Å². The first-order chi connectivity index (χ1) is 10.1. The number of carbonyl (C=O) groups is 1. The molecule has 0 aliphatic carbocycles. The van der Waals surface area contributed by atoms with Gasteiger partial charge in [0.1, 0.15) is 11.4 Å². The number of rotatable bonds is 3. The molecule has 0 aliphatic rings. The van der Waals surface area contributed by atoms with Crippen LogP contribution in [0.5, 0.6) is 0 Å². The number of H-pyrrole nitrogens is 1. The van der Waals surface area contributed by atoms with Gasteiger partial charge in [0, 0.05) is 10.9 Å². The van der Waals surface area contributed by atoms with Gasteiger partial charge in [0.25, 0.3) is 5.56 Å². The molecule has 0 unspecified atom stereocenters. The fourth-order valence-corrected chi connectivity index (χ4v) is 3.11. The highest BCUT2D eigenvalue weighted by molar-refractivity contribution is 7.17. The number of fused-ring (bicyclic) bond motifs is 1. The van der Waals surface area contributed by atoms with Crippen molar-refractivity contribution in [1.82, 2.24) is 9.55 Å². The fourth-order valence-electron chi connectivity index (χ4n) is 2.16. The zero-order valence-electron chi connectivity index (χ0n) is 10.7. The Hall–Kier alpha value is -2.67. The van der Waals surface area contributed by atoms with Crippen molar-refractivity contribution in [2.75, 3.05) is 0 Å². The Balaban J connectivity index is 2.33. The number of aliphatic carboxylic acids is 1. The smallest absolute Gasteiger partial charge is 0.329 e. The Morgan fingerprint density at radius 1 is 1.24 bits per heavy atom. The van der Waals surface area contributed by atoms with E-state index in [-0.39, 0.29) is 0 Å². The Morgan fingerprint density at radius 2 is 1.95 bits per heavy atom. The van der Waals surface area contributed by atoms with E-state index in [9.17, 15) is 14.4 Å². The molecule has 3 rings (SSSR count). The zero-order chi connectivity index (χ0) is 15.0. The summed E-state index contributed by atoms with van der Waals surface area (Å²) in [5, 5.41) is 10.9. The molecule has 21 heavy (non-hydrogen) atoms. The van der Waals surface area contributed by atoms with Gasteiger partial charge in [-0.15, -0.1) is 11.3 Å². The molecule has 3 aromatic rings. The predicted molar refractivity (Wildman–Crippen MR) is 79.8 cm³/mol. The average Bonchev–Trinajstić information content (AvgIpc) is 2.88. The third-order valence-corrected chi connectivity index (χ3v) is 3.99. The molecule has 2 heterocycles. The number of thiophene rings is 1. The first-order valence-corrected chi connectivity index (χ1v) is 6.97. The van der Waals surface area contributed by atoms with Gasteiger partial charge in [0.15, 0.2) is 0 Å². The highest BCUT2D eigenvalue weighted by Gasteiger charge is 2.16. The Bertz CT molecular complexity index is 937. The van der Waals surface area contributed by atoms with E-state index in [4.69, 9.17) is 5.11 Å². The molecule has 7 heteroatoms. The number of aromatic nitrogens is 2. The predicted octanol–water partition coefficient (Wildman–Crippen LogP) is 1.50. The molecule has 106 valence electrons. The lowest BCUT2D eigenvalue weighted by atomic mass is 10.1. The molecule has 0 saturated heterocycles. The second kappa shape index (κ2) is 5.02. The van der Waals surface area contributed by atoms with Gasteiger partial charge in [0.2, 0.25) is 0 Å². The zero-order valence-corrected chi connectivity index (χ0v) is 11.5. The highest BCUT2D eigenvalue weighted by Crippen LogP contribution is 2.29. The Labute approximate surface area is 121 Å². The quantitative estimate of drug-likeness (QED) is 0.767. The summed E-state index contributed by atoms with van der Waals surface area (Å²) in [5.41, 5.74) is 0.235. The van der Waals surface area contributed by atoms with E-state index in [1.165, 1.54) is 11.3 Å². The van der Waals surface area contributed by atoms with Crippen LogP contribution >= 0.6 is 11.3 Å². The SMILES string of the molecule is O=C(O)Cn1c(=O)[nH]c2scc(-c3ccccc3)c2c1=O. The van der Waals surface area contributed by atoms with Gasteiger partial charge < -0.3 is 5.11 Å². The van der Waals surface area contributed by atoms with Crippen LogP contribution in [0.3, 0.4) is 0 Å². The van der Waals surface area contributed by atoms with Gasteiger partial charge in [0.05, 0.1) is 5.39 Å². The van der Waals surface area contributed by atoms with E-state index >= 15 is 0 Å². The number of nitrogens with one attached hydrogen (secondary N) is 1. The van der Waals surface area contributed by atoms with Crippen LogP contribution in [-0.2, 0) is 11.3 Å². The van der Waals surface area contributed by atoms with Gasteiger partial charge >= 0.3 is 11.7 Å². The van der Waals surface area contributed by atoms with Crippen LogP contribution in [0.4, 0.5) is 0 Å². The van der Waals surface area contributed by atoms with Gasteiger partial charge in [-0.3, -0.25) is 14.6 Å². The molecule has 0 saturated carbocycles. The standard InChI is InChI=1S/C14H10N2O4S/c17-10(18)6-16-13(19)11-9(8-4-2-1-3-5-8)7-21-12(11)15-14(16)20/h1-5,7H,6H2,(H,15,20)(H,17,18). The lowest BCUT2D eigenvalue weighted by Crippen LogP contribution is -2.37. The number of benzene rings is 1. The third-order valence-electron chi connectivity index (χ3n) is 3.09. The molecular formula is C14H10N2O4S. The summed E-state index contributed by atoms with van der Waals surface area (Å²) in [6, 6.07) is 9.27. The van der Waals surface area contributed by atoms with Gasteiger partial charge in [-0.2, -0.15) is 0 Å². The summed E-state index contributed by atoms with van der Waals surface area (Å²) >= 11 is 1.25. The second-order valence-electron chi connectivity index (χ2n) is 4.43. The van der Waals surface area contributed by atoms with E-state index in [2.05, 4.69) is 4.98 Å². The minimum Gasteiger partial charge on any atom is -0.480 e. The molecule has 6 nitrogen and oxygen atoms in total. The van der Waals surface area contributed by atoms with Crippen molar-refractivity contribution >= 4 is 27.5 Å². The fraction of sp³-hybridized carbons (Fsp3) is 0.0714. The van der Waals surface area contributed by atoms with Crippen molar-refractivity contribution in [2.45, 2.75) is 6.54 Å². The molecule has 0 fully saturated rings. The first-order valence-electron chi connectivity index (χ1n) is 6.09. The average molecular weight is 302 g/mol. The summed E-state index contributed by atoms with van der Waals surface area (Å²) in [6.45, 7) is -0.659. The number of hydrogen-bond donors (Lipinski definition) is 2. The van der Waals surface area contributed by atoms with Crippen molar-refractivity contribution in [2.24, 2.45) is 0 Å². The monoisotopic (exact) mass is 302 g/mol. The normalized spacial score (nSPS) is 10.9. The second-order valence-corrected chi connectivity index (χ2v) is 5.31. The minimum atomic E-state index is -1.24. The van der Waals surface area contributed by atoms with E-state index in [1.807, 2.05) is 30.3 Å². The Morgan fingerprint density at radius 3 is 2.62 bits per heavy atom. The number of hydrogen-bond acceptors (Lipinski definition) is 4. The number of aromatic amines is 1. The molecule has 0 amide bonds. The number of carboxylic acid groups (broad SMARTS) is 1. The molecule has 2 aromatic heterocycles. The molecule has 0 spiro atoms. The van der Waals surface area contributed by atoms with Gasteiger partial charge in [-0.1, -0.05) is 30.3 Å². The van der Waals surface area contributed by atoms with Crippen LogP contribution in [0, 0.1) is 0 Å². The maximum atomic E-state index is 12.4. The van der Waals surface area contributed by atoms with Crippen molar-refractivity contribution in [1.29, 1.82) is 0 Å². The molecule has 0 bridgehead atoms. The van der Waals surface area contributed by atoms with Gasteiger partial charge in [-0.25, -0.2) is 9.36 Å². The minimum absolute atomic E-state index is 0.340. The van der Waals surface area contributed by atoms with E-state index in [0.29, 0.717) is 20.3 Å². The van der Waals surface area contributed by atoms with E-state index < -0.39 is 23.8 Å². The summed E-state index contributed by atoms with van der Waals surface area (Å²) in [6.07, 6.45) is 0. The van der Waals surface area contributed by atoms with E-state index in [1.54, 1.807) is 5.38 Å². The first kappa shape index (κ1) is 13.3. The topological polar surface area (TPSA) is 92.2 Å². The molecule has 0 radical (unpaired) electrons. The largest absolute Gasteiger partial charge is 0.480 e. The molecule has 2 N–H and O–H groups in total. The molecule has 1 aromatic carbocycles. The van der Waals surface area contributed by atoms with Crippen LogP contribution in [0.2, 0.25) is 0 Å². The van der Waals surface area contributed by atoms with Crippen molar-refractivity contribution in [3.8, 4) is 11.1 Å². The van der Waals surface area contributed by atoms with E-state index in [0.717, 1.165) is 5.56 Å². The summed E-state index contributed by atoms with van der Waals surface area (Å²) in [4.78, 5) is 38.0. The Kier molecular flexibility index (Phi) is 3.19. The van der Waals surface area contributed by atoms with Crippen LogP contribution in [0.15, 0.2) is 45.3 Å². The molecule has 0 atom stereocenters.